The molecule has 1 N–H and O–H groups in total. The third-order valence-corrected chi connectivity index (χ3v) is 4.75. The number of nitrogens with one attached hydrogen (secondary N) is 1. The minimum absolute atomic E-state index is 0.149. The molecule has 0 saturated carbocycles. The highest BCUT2D eigenvalue weighted by atomic mass is 79.9. The predicted octanol–water partition coefficient (Wildman–Crippen LogP) is 2.98. The van der Waals surface area contributed by atoms with Gasteiger partial charge in [-0.15, -0.1) is 0 Å². The first-order chi connectivity index (χ1) is 10.9. The molecule has 124 valence electrons. The van der Waals surface area contributed by atoms with Crippen molar-refractivity contribution >= 4 is 31.8 Å². The van der Waals surface area contributed by atoms with Gasteiger partial charge in [0.1, 0.15) is 22.8 Å². The van der Waals surface area contributed by atoms with Gasteiger partial charge in [-0.1, -0.05) is 6.07 Å². The number of aryl methyl sites for hydroxylation is 1. The molecule has 1 heterocycles. The van der Waals surface area contributed by atoms with Crippen molar-refractivity contribution < 1.29 is 17.9 Å². The van der Waals surface area contributed by atoms with E-state index in [1.807, 2.05) is 0 Å². The zero-order valence-electron chi connectivity index (χ0n) is 12.7. The molecule has 2 aromatic rings. The van der Waals surface area contributed by atoms with Crippen LogP contribution in [0.2, 0.25) is 0 Å². The smallest absolute Gasteiger partial charge is 0.263 e. The van der Waals surface area contributed by atoms with Crippen LogP contribution in [0.3, 0.4) is 0 Å². The molecule has 1 aromatic heterocycles. The molecule has 0 spiro atoms. The van der Waals surface area contributed by atoms with Gasteiger partial charge in [0.05, 0.1) is 11.5 Å². The molecule has 0 aliphatic rings. The van der Waals surface area contributed by atoms with Crippen LogP contribution in [-0.4, -0.2) is 33.7 Å². The summed E-state index contributed by atoms with van der Waals surface area (Å²) in [4.78, 5) is 4.21. The van der Waals surface area contributed by atoms with Crippen molar-refractivity contribution in [3.63, 3.8) is 0 Å². The summed E-state index contributed by atoms with van der Waals surface area (Å²) in [6, 6.07) is 9.68. The van der Waals surface area contributed by atoms with Crippen molar-refractivity contribution in [2.24, 2.45) is 0 Å². The molecule has 0 amide bonds. The normalized spacial score (nSPS) is 11.3. The fraction of sp³-hybridized carbons (Fsp3) is 0.267. The Hall–Kier alpha value is -1.64. The molecule has 23 heavy (non-hydrogen) atoms. The topological polar surface area (TPSA) is 77.5 Å². The Morgan fingerprint density at radius 1 is 1.22 bits per heavy atom. The highest BCUT2D eigenvalue weighted by molar-refractivity contribution is 9.10. The van der Waals surface area contributed by atoms with E-state index in [4.69, 9.17) is 9.47 Å². The molecule has 0 aliphatic carbocycles. The number of hydrogen-bond donors (Lipinski definition) is 1. The van der Waals surface area contributed by atoms with E-state index >= 15 is 0 Å². The summed E-state index contributed by atoms with van der Waals surface area (Å²) < 4.78 is 38.3. The lowest BCUT2D eigenvalue weighted by atomic mass is 10.2. The Bertz CT molecular complexity index is 781. The second-order valence-corrected chi connectivity index (χ2v) is 7.21. The van der Waals surface area contributed by atoms with Gasteiger partial charge in [-0.2, -0.15) is 0 Å². The maximum absolute atomic E-state index is 12.4. The molecule has 0 atom stereocenters. The zero-order valence-corrected chi connectivity index (χ0v) is 15.1. The minimum atomic E-state index is -3.71. The van der Waals surface area contributed by atoms with Gasteiger partial charge in [0.2, 0.25) is 0 Å². The van der Waals surface area contributed by atoms with Gasteiger partial charge >= 0.3 is 0 Å². The number of benzene rings is 1. The quantitative estimate of drug-likeness (QED) is 0.570. The minimum Gasteiger partial charge on any atom is -0.491 e. The summed E-state index contributed by atoms with van der Waals surface area (Å²) in [5, 5.41) is 0. The van der Waals surface area contributed by atoms with Gasteiger partial charge in [0, 0.05) is 7.11 Å². The summed E-state index contributed by atoms with van der Waals surface area (Å²) in [5.41, 5.74) is 0.728. The predicted molar refractivity (Wildman–Crippen MR) is 91.3 cm³/mol. The van der Waals surface area contributed by atoms with Crippen molar-refractivity contribution in [2.75, 3.05) is 25.0 Å². The number of ether oxygens (including phenoxy) is 2. The number of methoxy groups -OCH3 is 1. The number of anilines is 1. The standard InChI is InChI=1S/C15H17BrN2O4S/c1-11-10-12(6-7-13(11)22-9-8-21-2)23(19,20)18-15-5-3-4-14(16)17-15/h3-7,10H,8-9H2,1-2H3,(H,17,18). The molecule has 8 heteroatoms. The Balaban J connectivity index is 2.18. The first-order valence-corrected chi connectivity index (χ1v) is 9.08. The average molecular weight is 401 g/mol. The van der Waals surface area contributed by atoms with Gasteiger partial charge in [-0.25, -0.2) is 13.4 Å². The first kappa shape index (κ1) is 17.7. The number of aromatic nitrogens is 1. The van der Waals surface area contributed by atoms with Crippen LogP contribution in [0.25, 0.3) is 0 Å². The zero-order chi connectivity index (χ0) is 16.9. The van der Waals surface area contributed by atoms with Crippen LogP contribution in [0, 0.1) is 6.92 Å². The van der Waals surface area contributed by atoms with Crippen molar-refractivity contribution in [1.29, 1.82) is 0 Å². The number of halogens is 1. The molecule has 0 radical (unpaired) electrons. The van der Waals surface area contributed by atoms with Gasteiger partial charge in [0.15, 0.2) is 0 Å². The lowest BCUT2D eigenvalue weighted by molar-refractivity contribution is 0.146. The van der Waals surface area contributed by atoms with Crippen LogP contribution in [0.5, 0.6) is 5.75 Å². The highest BCUT2D eigenvalue weighted by Gasteiger charge is 2.16. The Labute approximate surface area is 144 Å². The maximum Gasteiger partial charge on any atom is 0.263 e. The molecule has 6 nitrogen and oxygen atoms in total. The highest BCUT2D eigenvalue weighted by Crippen LogP contribution is 2.23. The lowest BCUT2D eigenvalue weighted by Crippen LogP contribution is -2.14. The lowest BCUT2D eigenvalue weighted by Gasteiger charge is -2.12. The number of pyridine rings is 1. The molecule has 2 rings (SSSR count). The van der Waals surface area contributed by atoms with E-state index < -0.39 is 10.0 Å². The van der Waals surface area contributed by atoms with Crippen LogP contribution in [-0.2, 0) is 14.8 Å². The van der Waals surface area contributed by atoms with Crippen LogP contribution in [0.4, 0.5) is 5.82 Å². The SMILES string of the molecule is COCCOc1ccc(S(=O)(=O)Nc2cccc(Br)n2)cc1C. The Kier molecular flexibility index (Phi) is 5.97. The molecule has 1 aromatic carbocycles. The van der Waals surface area contributed by atoms with Gasteiger partial charge in [-0.05, 0) is 58.7 Å². The van der Waals surface area contributed by atoms with E-state index in [0.717, 1.165) is 5.56 Å². The van der Waals surface area contributed by atoms with E-state index in [9.17, 15) is 8.42 Å². The number of hydrogen-bond acceptors (Lipinski definition) is 5. The number of sulfonamides is 1. The second kappa shape index (κ2) is 7.76. The van der Waals surface area contributed by atoms with Crippen LogP contribution in [0.15, 0.2) is 45.9 Å². The third kappa shape index (κ3) is 4.92. The van der Waals surface area contributed by atoms with Crippen LogP contribution < -0.4 is 9.46 Å². The number of nitrogens with zero attached hydrogens (tertiary/aromatic N) is 1. The largest absolute Gasteiger partial charge is 0.491 e. The van der Waals surface area contributed by atoms with Crippen LogP contribution >= 0.6 is 15.9 Å². The fourth-order valence-electron chi connectivity index (χ4n) is 1.85. The molecular formula is C15H17BrN2O4S. The van der Waals surface area contributed by atoms with E-state index in [2.05, 4.69) is 25.6 Å². The molecule has 0 saturated heterocycles. The average Bonchev–Trinajstić information content (AvgIpc) is 2.48. The van der Waals surface area contributed by atoms with Gasteiger partial charge in [-0.3, -0.25) is 4.72 Å². The van der Waals surface area contributed by atoms with Crippen molar-refractivity contribution in [2.45, 2.75) is 11.8 Å². The number of rotatable bonds is 7. The van der Waals surface area contributed by atoms with Crippen molar-refractivity contribution in [1.82, 2.24) is 4.98 Å². The summed E-state index contributed by atoms with van der Waals surface area (Å²) in [6.07, 6.45) is 0. The van der Waals surface area contributed by atoms with Crippen molar-refractivity contribution in [3.8, 4) is 5.75 Å². The van der Waals surface area contributed by atoms with Gasteiger partial charge < -0.3 is 9.47 Å². The molecular weight excluding hydrogens is 384 g/mol. The van der Waals surface area contributed by atoms with Crippen molar-refractivity contribution in [3.05, 3.63) is 46.6 Å². The van der Waals surface area contributed by atoms with Gasteiger partial charge in [0.25, 0.3) is 10.0 Å². The fourth-order valence-corrected chi connectivity index (χ4v) is 3.28. The third-order valence-electron chi connectivity index (χ3n) is 2.96. The summed E-state index contributed by atoms with van der Waals surface area (Å²) in [7, 11) is -2.12. The van der Waals surface area contributed by atoms with E-state index in [1.54, 1.807) is 44.4 Å². The summed E-state index contributed by atoms with van der Waals surface area (Å²) in [6.45, 7) is 2.66. The summed E-state index contributed by atoms with van der Waals surface area (Å²) >= 11 is 3.20. The molecule has 0 aliphatic heterocycles. The van der Waals surface area contributed by atoms with E-state index in [0.29, 0.717) is 23.6 Å². The Morgan fingerprint density at radius 3 is 2.65 bits per heavy atom. The molecule has 0 bridgehead atoms. The van der Waals surface area contributed by atoms with Crippen LogP contribution in [0.1, 0.15) is 5.56 Å². The molecule has 0 fully saturated rings. The maximum atomic E-state index is 12.4. The van der Waals surface area contributed by atoms with E-state index in [1.165, 1.54) is 6.07 Å². The first-order valence-electron chi connectivity index (χ1n) is 6.80. The Morgan fingerprint density at radius 2 is 2.00 bits per heavy atom. The second-order valence-electron chi connectivity index (χ2n) is 4.72. The summed E-state index contributed by atoms with van der Waals surface area (Å²) in [5.74, 6) is 0.874. The monoisotopic (exact) mass is 400 g/mol. The molecule has 0 unspecified atom stereocenters. The van der Waals surface area contributed by atoms with E-state index in [-0.39, 0.29) is 10.7 Å².